The third-order valence-corrected chi connectivity index (χ3v) is 7.14. The fraction of sp³-hybridized carbons (Fsp3) is 0.529. The Labute approximate surface area is 147 Å². The van der Waals surface area contributed by atoms with Gasteiger partial charge in [-0.1, -0.05) is 29.8 Å². The van der Waals surface area contributed by atoms with E-state index in [4.69, 9.17) is 10.3 Å². The standard InChI is InChI=1S/C17H22N4O3S/c18-17(10-6-11-17)16-19-15(24-20-16)14-9-4-5-12-21(14)25(22,23)13-7-2-1-3-8-13/h1-3,7-8,14H,4-6,9-12,18H2. The molecule has 0 radical (unpaired) electrons. The molecule has 2 aromatic rings. The fourth-order valence-electron chi connectivity index (χ4n) is 3.52. The van der Waals surface area contributed by atoms with Crippen LogP contribution in [0.2, 0.25) is 0 Å². The minimum absolute atomic E-state index is 0.288. The molecule has 0 amide bonds. The van der Waals surface area contributed by atoms with Gasteiger partial charge in [-0.15, -0.1) is 0 Å². The summed E-state index contributed by atoms with van der Waals surface area (Å²) in [6.45, 7) is 0.452. The zero-order valence-corrected chi connectivity index (χ0v) is 14.8. The largest absolute Gasteiger partial charge is 0.337 e. The first-order valence-electron chi connectivity index (χ1n) is 8.71. The molecule has 2 fully saturated rings. The second-order valence-corrected chi connectivity index (χ2v) is 8.80. The average molecular weight is 362 g/mol. The van der Waals surface area contributed by atoms with Gasteiger partial charge >= 0.3 is 0 Å². The summed E-state index contributed by atoms with van der Waals surface area (Å²) in [5.41, 5.74) is 5.75. The van der Waals surface area contributed by atoms with Gasteiger partial charge in [0.25, 0.3) is 0 Å². The molecule has 8 heteroatoms. The van der Waals surface area contributed by atoms with Crippen molar-refractivity contribution in [3.8, 4) is 0 Å². The quantitative estimate of drug-likeness (QED) is 0.895. The first-order valence-corrected chi connectivity index (χ1v) is 10.1. The SMILES string of the molecule is NC1(c2noc(C3CCCCN3S(=O)(=O)c3ccccc3)n2)CCC1. The number of aromatic nitrogens is 2. The van der Waals surface area contributed by atoms with Crippen molar-refractivity contribution in [1.29, 1.82) is 0 Å². The van der Waals surface area contributed by atoms with Gasteiger partial charge in [0.05, 0.1) is 10.4 Å². The van der Waals surface area contributed by atoms with E-state index in [9.17, 15) is 8.42 Å². The van der Waals surface area contributed by atoms with Crippen LogP contribution in [0.4, 0.5) is 0 Å². The molecule has 1 aliphatic heterocycles. The van der Waals surface area contributed by atoms with Crippen LogP contribution in [0.15, 0.2) is 39.8 Å². The zero-order chi connectivity index (χ0) is 17.5. The molecule has 1 saturated heterocycles. The monoisotopic (exact) mass is 362 g/mol. The molecule has 1 atom stereocenters. The van der Waals surface area contributed by atoms with Crippen molar-refractivity contribution in [2.45, 2.75) is 55.0 Å². The minimum atomic E-state index is -3.60. The molecule has 1 aromatic heterocycles. The number of hydrogen-bond donors (Lipinski definition) is 1. The number of sulfonamides is 1. The van der Waals surface area contributed by atoms with Crippen molar-refractivity contribution in [3.63, 3.8) is 0 Å². The van der Waals surface area contributed by atoms with Crippen molar-refractivity contribution in [2.24, 2.45) is 5.73 Å². The lowest BCUT2D eigenvalue weighted by atomic mass is 9.77. The number of nitrogens with two attached hydrogens (primary N) is 1. The smallest absolute Gasteiger partial charge is 0.245 e. The van der Waals surface area contributed by atoms with Crippen molar-refractivity contribution >= 4 is 10.0 Å². The third kappa shape index (κ3) is 2.88. The first kappa shape index (κ1) is 16.7. The van der Waals surface area contributed by atoms with E-state index in [1.54, 1.807) is 30.3 Å². The Kier molecular flexibility index (Phi) is 4.13. The van der Waals surface area contributed by atoms with Crippen LogP contribution in [0.3, 0.4) is 0 Å². The van der Waals surface area contributed by atoms with Gasteiger partial charge in [-0.2, -0.15) is 9.29 Å². The fourth-order valence-corrected chi connectivity index (χ4v) is 5.19. The Balaban J connectivity index is 1.66. The van der Waals surface area contributed by atoms with E-state index >= 15 is 0 Å². The summed E-state index contributed by atoms with van der Waals surface area (Å²) >= 11 is 0. The molecule has 4 rings (SSSR count). The van der Waals surface area contributed by atoms with E-state index in [0.717, 1.165) is 32.1 Å². The number of nitrogens with zero attached hydrogens (tertiary/aromatic N) is 3. The van der Waals surface area contributed by atoms with Crippen molar-refractivity contribution in [3.05, 3.63) is 42.0 Å². The Morgan fingerprint density at radius 1 is 1.16 bits per heavy atom. The molecule has 0 bridgehead atoms. The predicted octanol–water partition coefficient (Wildman–Crippen LogP) is 2.32. The molecular weight excluding hydrogens is 340 g/mol. The number of hydrogen-bond acceptors (Lipinski definition) is 6. The van der Waals surface area contributed by atoms with E-state index in [1.807, 2.05) is 0 Å². The summed E-state index contributed by atoms with van der Waals surface area (Å²) in [5, 5.41) is 4.04. The molecule has 1 aromatic carbocycles. The Bertz CT molecular complexity index is 846. The van der Waals surface area contributed by atoms with Gasteiger partial charge < -0.3 is 10.3 Å². The molecule has 134 valence electrons. The van der Waals surface area contributed by atoms with Gasteiger partial charge in [0.2, 0.25) is 15.9 Å². The van der Waals surface area contributed by atoms with Crippen LogP contribution in [0.5, 0.6) is 0 Å². The maximum Gasteiger partial charge on any atom is 0.245 e. The van der Waals surface area contributed by atoms with Crippen LogP contribution in [0, 0.1) is 0 Å². The molecule has 1 aliphatic carbocycles. The molecule has 0 spiro atoms. The summed E-state index contributed by atoms with van der Waals surface area (Å²) in [6.07, 6.45) is 5.15. The van der Waals surface area contributed by atoms with Crippen LogP contribution < -0.4 is 5.73 Å². The highest BCUT2D eigenvalue weighted by Gasteiger charge is 2.42. The van der Waals surface area contributed by atoms with Crippen molar-refractivity contribution in [2.75, 3.05) is 6.54 Å². The third-order valence-electron chi connectivity index (χ3n) is 5.22. The lowest BCUT2D eigenvalue weighted by Crippen LogP contribution is -2.44. The highest BCUT2D eigenvalue weighted by Crippen LogP contribution is 2.39. The lowest BCUT2D eigenvalue weighted by molar-refractivity contribution is 0.201. The summed E-state index contributed by atoms with van der Waals surface area (Å²) in [6, 6.07) is 8.06. The first-order chi connectivity index (χ1) is 12.0. The summed E-state index contributed by atoms with van der Waals surface area (Å²) in [7, 11) is -3.60. The van der Waals surface area contributed by atoms with Gasteiger partial charge in [-0.3, -0.25) is 0 Å². The molecule has 2 heterocycles. The van der Waals surface area contributed by atoms with E-state index in [0.29, 0.717) is 24.7 Å². The second-order valence-electron chi connectivity index (χ2n) is 6.91. The van der Waals surface area contributed by atoms with E-state index in [2.05, 4.69) is 10.1 Å². The summed E-state index contributed by atoms with van der Waals surface area (Å²) in [4.78, 5) is 4.76. The van der Waals surface area contributed by atoms with Gasteiger partial charge in [-0.05, 0) is 44.2 Å². The molecular formula is C17H22N4O3S. The van der Waals surface area contributed by atoms with Crippen LogP contribution >= 0.6 is 0 Å². The van der Waals surface area contributed by atoms with Gasteiger partial charge in [0, 0.05) is 6.54 Å². The van der Waals surface area contributed by atoms with Gasteiger partial charge in [0.15, 0.2) is 5.82 Å². The van der Waals surface area contributed by atoms with E-state index in [1.165, 1.54) is 4.31 Å². The van der Waals surface area contributed by atoms with Crippen LogP contribution in [0.25, 0.3) is 0 Å². The van der Waals surface area contributed by atoms with Crippen LogP contribution in [-0.4, -0.2) is 29.4 Å². The Morgan fingerprint density at radius 3 is 2.60 bits per heavy atom. The van der Waals surface area contributed by atoms with Gasteiger partial charge in [-0.25, -0.2) is 8.42 Å². The number of benzene rings is 1. The molecule has 2 aliphatic rings. The van der Waals surface area contributed by atoms with Crippen LogP contribution in [0.1, 0.15) is 56.3 Å². The van der Waals surface area contributed by atoms with Crippen molar-refractivity contribution in [1.82, 2.24) is 14.4 Å². The Morgan fingerprint density at radius 2 is 1.92 bits per heavy atom. The topological polar surface area (TPSA) is 102 Å². The normalized spacial score (nSPS) is 24.0. The maximum atomic E-state index is 13.1. The summed E-state index contributed by atoms with van der Waals surface area (Å²) < 4.78 is 33.0. The number of piperidine rings is 1. The zero-order valence-electron chi connectivity index (χ0n) is 14.0. The molecule has 1 unspecified atom stereocenters. The minimum Gasteiger partial charge on any atom is -0.337 e. The average Bonchev–Trinajstić information content (AvgIpc) is 3.11. The summed E-state index contributed by atoms with van der Waals surface area (Å²) in [5.74, 6) is 0.849. The highest BCUT2D eigenvalue weighted by molar-refractivity contribution is 7.89. The Hall–Kier alpha value is -1.77. The van der Waals surface area contributed by atoms with Crippen molar-refractivity contribution < 1.29 is 12.9 Å². The number of rotatable bonds is 4. The maximum absolute atomic E-state index is 13.1. The van der Waals surface area contributed by atoms with E-state index < -0.39 is 21.6 Å². The highest BCUT2D eigenvalue weighted by atomic mass is 32.2. The molecule has 1 saturated carbocycles. The van der Waals surface area contributed by atoms with E-state index in [-0.39, 0.29) is 4.90 Å². The van der Waals surface area contributed by atoms with Gasteiger partial charge in [0.1, 0.15) is 6.04 Å². The molecule has 2 N–H and O–H groups in total. The predicted molar refractivity (Wildman–Crippen MR) is 90.9 cm³/mol. The lowest BCUT2D eigenvalue weighted by Gasteiger charge is -2.34. The second kappa shape index (κ2) is 6.19. The molecule has 25 heavy (non-hydrogen) atoms. The van der Waals surface area contributed by atoms with Crippen LogP contribution in [-0.2, 0) is 15.6 Å². The molecule has 7 nitrogen and oxygen atoms in total.